The van der Waals surface area contributed by atoms with E-state index in [-0.39, 0.29) is 43.7 Å². The van der Waals surface area contributed by atoms with Gasteiger partial charge < -0.3 is 34.9 Å². The van der Waals surface area contributed by atoms with E-state index in [2.05, 4.69) is 5.32 Å². The molecule has 0 saturated carbocycles. The van der Waals surface area contributed by atoms with E-state index in [9.17, 15) is 34.1 Å². The fraction of sp³-hybridized carbons (Fsp3) is 0.324. The van der Waals surface area contributed by atoms with Gasteiger partial charge in [-0.3, -0.25) is 9.59 Å². The summed E-state index contributed by atoms with van der Waals surface area (Å²) in [6.45, 7) is 4.09. The van der Waals surface area contributed by atoms with Gasteiger partial charge in [-0.1, -0.05) is 54.6 Å². The molecule has 0 saturated heterocycles. The van der Waals surface area contributed by atoms with Crippen LogP contribution in [0.25, 0.3) is 22.3 Å². The minimum atomic E-state index is -1.40. The summed E-state index contributed by atoms with van der Waals surface area (Å²) in [5.41, 5.74) is 5.28. The fourth-order valence-corrected chi connectivity index (χ4v) is 5.79. The van der Waals surface area contributed by atoms with Crippen LogP contribution < -0.4 is 10.4 Å². The molecular weight excluding hydrogens is 601 g/mol. The first kappa shape index (κ1) is 35.1. The summed E-state index contributed by atoms with van der Waals surface area (Å²) < 4.78 is 16.0. The molecule has 0 spiro atoms. The van der Waals surface area contributed by atoms with Gasteiger partial charge in [-0.2, -0.15) is 0 Å². The lowest BCUT2D eigenvalue weighted by Gasteiger charge is -2.20. The van der Waals surface area contributed by atoms with Crippen molar-refractivity contribution in [3.8, 4) is 22.3 Å². The maximum Gasteiger partial charge on any atom is 0.268 e. The Bertz CT molecular complexity index is 1680. The Kier molecular flexibility index (Phi) is 11.7. The average Bonchev–Trinajstić information content (AvgIpc) is 3.38. The highest BCUT2D eigenvalue weighted by Gasteiger charge is 2.30. The molecule has 4 aromatic rings. The largest absolute Gasteiger partial charge is 0.550 e. The van der Waals surface area contributed by atoms with Gasteiger partial charge in [-0.25, -0.2) is 4.39 Å². The van der Waals surface area contributed by atoms with Crippen LogP contribution >= 0.6 is 0 Å². The van der Waals surface area contributed by atoms with Crippen molar-refractivity contribution < 1.29 is 34.1 Å². The molecule has 0 aliphatic carbocycles. The molecule has 1 aromatic heterocycles. The second-order valence-corrected chi connectivity index (χ2v) is 12.1. The molecule has 2 atom stereocenters. The molecule has 0 aliphatic rings. The number of nitrogens with zero attached hydrogens (tertiary/aromatic N) is 2. The normalized spacial score (nSPS) is 12.5. The number of rotatable bonds is 14. The number of nitrogens with one attached hydrogen (secondary N) is 1. The lowest BCUT2D eigenvalue weighted by Crippen LogP contribution is -2.29. The van der Waals surface area contributed by atoms with Crippen LogP contribution in [0.15, 0.2) is 78.9 Å². The molecule has 1 heterocycles. The predicted molar refractivity (Wildman–Crippen MR) is 176 cm³/mol. The summed E-state index contributed by atoms with van der Waals surface area (Å²) >= 11 is 0. The first-order chi connectivity index (χ1) is 22.4. The van der Waals surface area contributed by atoms with Crippen LogP contribution in [0.2, 0.25) is 0 Å². The number of carboxylic acids is 1. The molecule has 9 nitrogen and oxygen atoms in total. The van der Waals surface area contributed by atoms with E-state index in [1.807, 2.05) is 48.7 Å². The number of carboxylic acid groups (broad SMARTS) is 1. The van der Waals surface area contributed by atoms with Gasteiger partial charge in [-0.05, 0) is 74.1 Å². The summed E-state index contributed by atoms with van der Waals surface area (Å²) in [5, 5.41) is 34.8. The summed E-state index contributed by atoms with van der Waals surface area (Å²) in [5.74, 6) is -2.28. The van der Waals surface area contributed by atoms with Crippen LogP contribution in [0.3, 0.4) is 0 Å². The van der Waals surface area contributed by atoms with Gasteiger partial charge >= 0.3 is 0 Å². The Hall–Kier alpha value is -4.80. The maximum absolute atomic E-state index is 14.2. The number of carbonyl (C=O) groups is 3. The van der Waals surface area contributed by atoms with Gasteiger partial charge in [0.2, 0.25) is 0 Å². The van der Waals surface area contributed by atoms with Crippen LogP contribution in [0, 0.1) is 5.82 Å². The highest BCUT2D eigenvalue weighted by Crippen LogP contribution is 2.42. The van der Waals surface area contributed by atoms with Crippen molar-refractivity contribution in [3.05, 3.63) is 107 Å². The Labute approximate surface area is 274 Å². The topological polar surface area (TPSA) is 135 Å². The van der Waals surface area contributed by atoms with E-state index in [1.54, 1.807) is 50.5 Å². The van der Waals surface area contributed by atoms with E-state index in [4.69, 9.17) is 0 Å². The van der Waals surface area contributed by atoms with Crippen molar-refractivity contribution in [3.63, 3.8) is 0 Å². The number of hydrogen-bond acceptors (Lipinski definition) is 6. The molecule has 3 aromatic carbocycles. The van der Waals surface area contributed by atoms with E-state index in [0.717, 1.165) is 16.8 Å². The molecule has 248 valence electrons. The highest BCUT2D eigenvalue weighted by atomic mass is 19.1. The molecule has 10 heteroatoms. The smallest absolute Gasteiger partial charge is 0.268 e. The second kappa shape index (κ2) is 15.7. The van der Waals surface area contributed by atoms with Crippen LogP contribution in [-0.4, -0.2) is 63.8 Å². The van der Waals surface area contributed by atoms with Crippen molar-refractivity contribution in [1.82, 2.24) is 14.8 Å². The number of aliphatic hydroxyl groups excluding tert-OH is 2. The third kappa shape index (κ3) is 8.72. The van der Waals surface area contributed by atoms with E-state index in [0.29, 0.717) is 27.9 Å². The van der Waals surface area contributed by atoms with Crippen LogP contribution in [0.1, 0.15) is 71.3 Å². The van der Waals surface area contributed by atoms with Gasteiger partial charge in [0.25, 0.3) is 11.8 Å². The van der Waals surface area contributed by atoms with Gasteiger partial charge in [0.05, 0.1) is 12.2 Å². The standard InChI is InChI=1S/C37H42FN3O6/c1-23(2)41-31(19-18-29(42)20-30(43)21-32(44)45)33(26-14-16-28(38)17-15-26)34(25-8-6-5-7-9-25)35(41)36(46)39-22-24-10-12-27(13-11-24)37(47)40(3)4/h5-17,23,29-30,42-43H,18-22H2,1-4H3,(H,39,46)(H,44,45)/p-1/t29-,30-/m1/s1. The first-order valence-corrected chi connectivity index (χ1v) is 15.6. The summed E-state index contributed by atoms with van der Waals surface area (Å²) in [6.07, 6.45) is -2.58. The summed E-state index contributed by atoms with van der Waals surface area (Å²) in [4.78, 5) is 39.0. The number of aliphatic hydroxyl groups is 2. The van der Waals surface area contributed by atoms with Crippen molar-refractivity contribution >= 4 is 17.8 Å². The summed E-state index contributed by atoms with van der Waals surface area (Å²) in [6, 6.07) is 22.3. The lowest BCUT2D eigenvalue weighted by atomic mass is 9.92. The molecular formula is C37H41FN3O6-. The maximum atomic E-state index is 14.2. The second-order valence-electron chi connectivity index (χ2n) is 12.1. The third-order valence-electron chi connectivity index (χ3n) is 7.95. The highest BCUT2D eigenvalue weighted by molar-refractivity contribution is 6.05. The Morgan fingerprint density at radius 2 is 1.49 bits per heavy atom. The van der Waals surface area contributed by atoms with Crippen molar-refractivity contribution in [2.45, 2.75) is 64.3 Å². The number of amides is 2. The zero-order valence-electron chi connectivity index (χ0n) is 27.1. The average molecular weight is 643 g/mol. The molecule has 3 N–H and O–H groups in total. The zero-order chi connectivity index (χ0) is 34.2. The van der Waals surface area contributed by atoms with Gasteiger partial charge in [0.15, 0.2) is 0 Å². The SMILES string of the molecule is CC(C)n1c(CC[C@@H](O)C[C@@H](O)CC(=O)[O-])c(-c2ccc(F)cc2)c(-c2ccccc2)c1C(=O)NCc1ccc(C(=O)N(C)C)cc1. The van der Waals surface area contributed by atoms with Crippen LogP contribution in [0.4, 0.5) is 4.39 Å². The Morgan fingerprint density at radius 3 is 2.06 bits per heavy atom. The van der Waals surface area contributed by atoms with Crippen LogP contribution in [-0.2, 0) is 17.8 Å². The van der Waals surface area contributed by atoms with Gasteiger partial charge in [-0.15, -0.1) is 0 Å². The molecule has 0 aliphatic heterocycles. The quantitative estimate of drug-likeness (QED) is 0.187. The minimum Gasteiger partial charge on any atom is -0.550 e. The number of halogens is 1. The van der Waals surface area contributed by atoms with Crippen LogP contribution in [0.5, 0.6) is 0 Å². The summed E-state index contributed by atoms with van der Waals surface area (Å²) in [7, 11) is 3.36. The molecule has 0 unspecified atom stereocenters. The van der Waals surface area contributed by atoms with Crippen molar-refractivity contribution in [2.24, 2.45) is 0 Å². The number of benzene rings is 3. The zero-order valence-corrected chi connectivity index (χ0v) is 27.1. The van der Waals surface area contributed by atoms with E-state index in [1.165, 1.54) is 17.0 Å². The molecule has 2 amide bonds. The van der Waals surface area contributed by atoms with E-state index >= 15 is 0 Å². The number of carbonyl (C=O) groups excluding carboxylic acids is 3. The Balaban J connectivity index is 1.80. The lowest BCUT2D eigenvalue weighted by molar-refractivity contribution is -0.307. The van der Waals surface area contributed by atoms with Crippen molar-refractivity contribution in [2.75, 3.05) is 14.1 Å². The number of aromatic nitrogens is 1. The fourth-order valence-electron chi connectivity index (χ4n) is 5.79. The Morgan fingerprint density at radius 1 is 0.872 bits per heavy atom. The molecule has 0 bridgehead atoms. The molecule has 4 rings (SSSR count). The molecule has 0 fully saturated rings. The third-order valence-corrected chi connectivity index (χ3v) is 7.95. The minimum absolute atomic E-state index is 0.123. The monoisotopic (exact) mass is 642 g/mol. The molecule has 0 radical (unpaired) electrons. The van der Waals surface area contributed by atoms with Gasteiger partial charge in [0, 0.05) is 61.5 Å². The molecule has 47 heavy (non-hydrogen) atoms. The van der Waals surface area contributed by atoms with Gasteiger partial charge in [0.1, 0.15) is 11.5 Å². The van der Waals surface area contributed by atoms with Crippen molar-refractivity contribution in [1.29, 1.82) is 0 Å². The number of aliphatic carboxylic acids is 1. The first-order valence-electron chi connectivity index (χ1n) is 15.6. The van der Waals surface area contributed by atoms with E-state index < -0.39 is 30.4 Å². The number of hydrogen-bond donors (Lipinski definition) is 3. The predicted octanol–water partition coefficient (Wildman–Crippen LogP) is 4.36.